The molecule has 0 saturated carbocycles. The summed E-state index contributed by atoms with van der Waals surface area (Å²) in [4.78, 5) is 11.1. The molecule has 0 aliphatic heterocycles. The number of hydrogen-bond donors (Lipinski definition) is 0. The summed E-state index contributed by atoms with van der Waals surface area (Å²) in [5.41, 5.74) is 0.574. The third-order valence-electron chi connectivity index (χ3n) is 3.10. The van der Waals surface area contributed by atoms with Gasteiger partial charge in [-0.2, -0.15) is 0 Å². The van der Waals surface area contributed by atoms with Crippen LogP contribution in [0, 0.1) is 0 Å². The molecule has 2 aromatic rings. The van der Waals surface area contributed by atoms with E-state index in [1.165, 1.54) is 0 Å². The van der Waals surface area contributed by atoms with Crippen molar-refractivity contribution in [2.75, 3.05) is 7.11 Å². The zero-order valence-electron chi connectivity index (χ0n) is 10.4. The fourth-order valence-electron chi connectivity index (χ4n) is 1.90. The van der Waals surface area contributed by atoms with Crippen molar-refractivity contribution < 1.29 is 9.53 Å². The maximum atomic E-state index is 11.1. The lowest BCUT2D eigenvalue weighted by Gasteiger charge is -2.18. The van der Waals surface area contributed by atoms with Crippen LogP contribution in [0.25, 0.3) is 10.8 Å². The van der Waals surface area contributed by atoms with Crippen LogP contribution in [0.2, 0.25) is 0 Å². The number of hydrogen-bond acceptors (Lipinski definition) is 2. The van der Waals surface area contributed by atoms with Crippen molar-refractivity contribution in [3.8, 4) is 5.75 Å². The van der Waals surface area contributed by atoms with Crippen molar-refractivity contribution in [2.45, 2.75) is 19.3 Å². The Balaban J connectivity index is 2.63. The Bertz CT molecular complexity index is 556. The highest BCUT2D eigenvalue weighted by molar-refractivity contribution is 5.89. The second-order valence-corrected chi connectivity index (χ2v) is 4.74. The average Bonchev–Trinajstić information content (AvgIpc) is 2.37. The number of benzene rings is 2. The SMILES string of the molecule is COc1cccc2cc(C(C)(C)C=O)ccc12. The summed E-state index contributed by atoms with van der Waals surface area (Å²) >= 11 is 0. The summed E-state index contributed by atoms with van der Waals surface area (Å²) in [6.07, 6.45) is 0.980. The highest BCUT2D eigenvalue weighted by atomic mass is 16.5. The highest BCUT2D eigenvalue weighted by Gasteiger charge is 2.19. The molecule has 0 aliphatic rings. The van der Waals surface area contributed by atoms with Gasteiger partial charge in [-0.1, -0.05) is 30.3 Å². The van der Waals surface area contributed by atoms with Crippen LogP contribution in [0.3, 0.4) is 0 Å². The van der Waals surface area contributed by atoms with Crippen molar-refractivity contribution in [3.05, 3.63) is 42.0 Å². The second kappa shape index (κ2) is 4.21. The fourth-order valence-corrected chi connectivity index (χ4v) is 1.90. The molecule has 2 heteroatoms. The normalized spacial score (nSPS) is 11.5. The predicted molar refractivity (Wildman–Crippen MR) is 69.6 cm³/mol. The third kappa shape index (κ3) is 2.03. The van der Waals surface area contributed by atoms with Crippen molar-refractivity contribution in [1.29, 1.82) is 0 Å². The van der Waals surface area contributed by atoms with Gasteiger partial charge in [0.05, 0.1) is 7.11 Å². The molecule has 0 fully saturated rings. The van der Waals surface area contributed by atoms with E-state index >= 15 is 0 Å². The first-order valence-corrected chi connectivity index (χ1v) is 5.62. The first-order valence-electron chi connectivity index (χ1n) is 5.62. The number of ether oxygens (including phenoxy) is 1. The van der Waals surface area contributed by atoms with Gasteiger partial charge >= 0.3 is 0 Å². The van der Waals surface area contributed by atoms with Gasteiger partial charge < -0.3 is 9.53 Å². The number of fused-ring (bicyclic) bond motifs is 1. The van der Waals surface area contributed by atoms with E-state index in [1.807, 2.05) is 50.2 Å². The molecule has 0 heterocycles. The Hall–Kier alpha value is -1.83. The number of carbonyl (C=O) groups excluding carboxylic acids is 1. The van der Waals surface area contributed by atoms with Crippen molar-refractivity contribution in [2.24, 2.45) is 0 Å². The summed E-state index contributed by atoms with van der Waals surface area (Å²) in [6.45, 7) is 3.84. The van der Waals surface area contributed by atoms with Crippen LogP contribution < -0.4 is 4.74 Å². The van der Waals surface area contributed by atoms with E-state index in [0.717, 1.165) is 28.4 Å². The second-order valence-electron chi connectivity index (χ2n) is 4.74. The quantitative estimate of drug-likeness (QED) is 0.753. The molecule has 2 aromatic carbocycles. The van der Waals surface area contributed by atoms with Gasteiger partial charge in [-0.15, -0.1) is 0 Å². The molecule has 17 heavy (non-hydrogen) atoms. The fraction of sp³-hybridized carbons (Fsp3) is 0.267. The van der Waals surface area contributed by atoms with Gasteiger partial charge in [0.2, 0.25) is 0 Å². The lowest BCUT2D eigenvalue weighted by Crippen LogP contribution is -2.18. The highest BCUT2D eigenvalue weighted by Crippen LogP contribution is 2.29. The molecule has 0 amide bonds. The van der Waals surface area contributed by atoms with Crippen LogP contribution in [0.15, 0.2) is 36.4 Å². The molecule has 0 saturated heterocycles. The van der Waals surface area contributed by atoms with Gasteiger partial charge in [0.25, 0.3) is 0 Å². The molecular formula is C15H16O2. The zero-order valence-corrected chi connectivity index (χ0v) is 10.4. The number of methoxy groups -OCH3 is 1. The Morgan fingerprint density at radius 3 is 2.59 bits per heavy atom. The minimum absolute atomic E-state index is 0.447. The van der Waals surface area contributed by atoms with Crippen LogP contribution in [-0.2, 0) is 10.2 Å². The molecule has 0 unspecified atom stereocenters. The molecule has 2 nitrogen and oxygen atoms in total. The van der Waals surface area contributed by atoms with Gasteiger partial charge in [0.15, 0.2) is 0 Å². The van der Waals surface area contributed by atoms with E-state index in [4.69, 9.17) is 4.74 Å². The summed E-state index contributed by atoms with van der Waals surface area (Å²) in [5, 5.41) is 2.16. The summed E-state index contributed by atoms with van der Waals surface area (Å²) in [6, 6.07) is 12.0. The van der Waals surface area contributed by atoms with Crippen LogP contribution >= 0.6 is 0 Å². The molecular weight excluding hydrogens is 212 g/mol. The van der Waals surface area contributed by atoms with Gasteiger partial charge in [-0.25, -0.2) is 0 Å². The molecule has 0 radical (unpaired) electrons. The molecule has 0 N–H and O–H groups in total. The van der Waals surface area contributed by atoms with Gasteiger partial charge in [-0.05, 0) is 30.9 Å². The lowest BCUT2D eigenvalue weighted by atomic mass is 9.85. The molecule has 0 aromatic heterocycles. The predicted octanol–water partition coefficient (Wildman–Crippen LogP) is 3.32. The lowest BCUT2D eigenvalue weighted by molar-refractivity contribution is -0.111. The minimum Gasteiger partial charge on any atom is -0.496 e. The maximum absolute atomic E-state index is 11.1. The van der Waals surface area contributed by atoms with Crippen molar-refractivity contribution in [1.82, 2.24) is 0 Å². The first kappa shape index (κ1) is 11.6. The Morgan fingerprint density at radius 1 is 1.18 bits per heavy atom. The molecule has 88 valence electrons. The smallest absolute Gasteiger partial charge is 0.129 e. The van der Waals surface area contributed by atoms with Gasteiger partial charge in [-0.3, -0.25) is 0 Å². The summed E-state index contributed by atoms with van der Waals surface area (Å²) in [5.74, 6) is 0.859. The van der Waals surface area contributed by atoms with Crippen LogP contribution in [0.4, 0.5) is 0 Å². The van der Waals surface area contributed by atoms with Crippen molar-refractivity contribution >= 4 is 17.1 Å². The Labute approximate surface area is 101 Å². The standard InChI is InChI=1S/C15H16O2/c1-15(2,10-16)12-7-8-13-11(9-12)5-4-6-14(13)17-3/h4-10H,1-3H3. The Morgan fingerprint density at radius 2 is 1.94 bits per heavy atom. The average molecular weight is 228 g/mol. The van der Waals surface area contributed by atoms with E-state index in [1.54, 1.807) is 7.11 Å². The topological polar surface area (TPSA) is 26.3 Å². The third-order valence-corrected chi connectivity index (χ3v) is 3.10. The van der Waals surface area contributed by atoms with Crippen molar-refractivity contribution in [3.63, 3.8) is 0 Å². The maximum Gasteiger partial charge on any atom is 0.129 e. The van der Waals surface area contributed by atoms with E-state index in [2.05, 4.69) is 0 Å². The van der Waals surface area contributed by atoms with E-state index in [-0.39, 0.29) is 0 Å². The molecule has 0 bridgehead atoms. The number of aldehydes is 1. The molecule has 2 rings (SSSR count). The molecule has 0 atom stereocenters. The Kier molecular flexibility index (Phi) is 2.88. The van der Waals surface area contributed by atoms with Gasteiger partial charge in [0, 0.05) is 10.8 Å². The minimum atomic E-state index is -0.447. The van der Waals surface area contributed by atoms with Crippen LogP contribution in [0.5, 0.6) is 5.75 Å². The number of carbonyl (C=O) groups is 1. The van der Waals surface area contributed by atoms with E-state index < -0.39 is 5.41 Å². The summed E-state index contributed by atoms with van der Waals surface area (Å²) in [7, 11) is 1.66. The largest absolute Gasteiger partial charge is 0.496 e. The van der Waals surface area contributed by atoms with E-state index in [0.29, 0.717) is 0 Å². The van der Waals surface area contributed by atoms with Crippen LogP contribution in [-0.4, -0.2) is 13.4 Å². The monoisotopic (exact) mass is 228 g/mol. The first-order chi connectivity index (χ1) is 8.08. The molecule has 0 spiro atoms. The van der Waals surface area contributed by atoms with Gasteiger partial charge in [0.1, 0.15) is 12.0 Å². The summed E-state index contributed by atoms with van der Waals surface area (Å²) < 4.78 is 5.31. The molecule has 0 aliphatic carbocycles. The van der Waals surface area contributed by atoms with E-state index in [9.17, 15) is 4.79 Å². The number of rotatable bonds is 3. The zero-order chi connectivity index (χ0) is 12.5. The van der Waals surface area contributed by atoms with Crippen LogP contribution in [0.1, 0.15) is 19.4 Å².